The summed E-state index contributed by atoms with van der Waals surface area (Å²) in [5, 5.41) is 0. The number of fused-ring (bicyclic) bond motifs is 1. The second-order valence-corrected chi connectivity index (χ2v) is 7.11. The zero-order valence-corrected chi connectivity index (χ0v) is 15.5. The minimum Gasteiger partial charge on any atom is -0.435 e. The fourth-order valence-electron chi connectivity index (χ4n) is 3.68. The van der Waals surface area contributed by atoms with Crippen LogP contribution in [0.3, 0.4) is 0 Å². The summed E-state index contributed by atoms with van der Waals surface area (Å²) in [6.07, 6.45) is 3.72. The molecule has 1 N–H and O–H groups in total. The van der Waals surface area contributed by atoms with Crippen LogP contribution in [-0.4, -0.2) is 40.3 Å². The second-order valence-electron chi connectivity index (χ2n) is 7.11. The largest absolute Gasteiger partial charge is 0.435 e. The highest BCUT2D eigenvalue weighted by molar-refractivity contribution is 5.97. The molecule has 2 aliphatic heterocycles. The quantitative estimate of drug-likeness (QED) is 0.855. The first kappa shape index (κ1) is 18.7. The summed E-state index contributed by atoms with van der Waals surface area (Å²) in [5.74, 6) is 0.757. The van der Waals surface area contributed by atoms with Crippen LogP contribution in [0.5, 0.6) is 5.75 Å². The molecule has 0 aliphatic carbocycles. The standard InChI is InChI=1S/C20H22F2N4O2/c21-20(22)28-14-6-4-13(5-7-14)11-26-10-8-16-15(12-26)19(27)25-18(24-16)17-3-1-2-9-23-17/h4-7,20H,1-3,8-12H2,(H,24,25,27). The molecule has 1 aromatic heterocycles. The van der Waals surface area contributed by atoms with E-state index in [-0.39, 0.29) is 11.3 Å². The van der Waals surface area contributed by atoms with Crippen molar-refractivity contribution in [3.63, 3.8) is 0 Å². The van der Waals surface area contributed by atoms with Crippen molar-refractivity contribution >= 4 is 5.71 Å². The van der Waals surface area contributed by atoms with Gasteiger partial charge in [-0.1, -0.05) is 12.1 Å². The SMILES string of the molecule is O=c1[nH]c(C2=NCCCC2)nc2c1CN(Cc1ccc(OC(F)F)cc1)CC2. The van der Waals surface area contributed by atoms with Crippen LogP contribution in [-0.2, 0) is 19.5 Å². The number of benzene rings is 1. The van der Waals surface area contributed by atoms with E-state index in [1.165, 1.54) is 12.1 Å². The third-order valence-electron chi connectivity index (χ3n) is 5.10. The van der Waals surface area contributed by atoms with Gasteiger partial charge in [-0.15, -0.1) is 0 Å². The van der Waals surface area contributed by atoms with E-state index in [9.17, 15) is 13.6 Å². The molecule has 0 atom stereocenters. The molecule has 0 saturated carbocycles. The molecule has 148 valence electrons. The zero-order valence-electron chi connectivity index (χ0n) is 15.5. The van der Waals surface area contributed by atoms with E-state index in [0.29, 0.717) is 30.9 Å². The summed E-state index contributed by atoms with van der Waals surface area (Å²) in [6.45, 7) is -0.106. The first-order valence-electron chi connectivity index (χ1n) is 9.50. The Labute approximate surface area is 161 Å². The molecule has 8 heteroatoms. The molecule has 28 heavy (non-hydrogen) atoms. The van der Waals surface area contributed by atoms with Gasteiger partial charge in [0.15, 0.2) is 5.82 Å². The number of rotatable bonds is 5. The number of halogens is 2. The van der Waals surface area contributed by atoms with Gasteiger partial charge in [0.05, 0.1) is 17.0 Å². The lowest BCUT2D eigenvalue weighted by molar-refractivity contribution is -0.0498. The van der Waals surface area contributed by atoms with Gasteiger partial charge in [0.25, 0.3) is 5.56 Å². The van der Waals surface area contributed by atoms with Gasteiger partial charge in [0, 0.05) is 32.6 Å². The van der Waals surface area contributed by atoms with Crippen LogP contribution in [0, 0.1) is 0 Å². The molecule has 4 rings (SSSR count). The van der Waals surface area contributed by atoms with Crippen molar-refractivity contribution in [2.75, 3.05) is 13.1 Å². The van der Waals surface area contributed by atoms with Crippen LogP contribution in [0.2, 0.25) is 0 Å². The van der Waals surface area contributed by atoms with Crippen LogP contribution in [0.4, 0.5) is 8.78 Å². The monoisotopic (exact) mass is 388 g/mol. The molecule has 6 nitrogen and oxygen atoms in total. The van der Waals surface area contributed by atoms with Crippen molar-refractivity contribution in [1.82, 2.24) is 14.9 Å². The van der Waals surface area contributed by atoms with Crippen molar-refractivity contribution in [3.8, 4) is 5.75 Å². The number of H-pyrrole nitrogens is 1. The Balaban J connectivity index is 1.46. The predicted molar refractivity (Wildman–Crippen MR) is 101 cm³/mol. The maximum absolute atomic E-state index is 12.6. The maximum Gasteiger partial charge on any atom is 0.387 e. The molecule has 1 aromatic carbocycles. The Morgan fingerprint density at radius 1 is 1.18 bits per heavy atom. The van der Waals surface area contributed by atoms with E-state index in [1.807, 2.05) is 0 Å². The second kappa shape index (κ2) is 8.18. The molecule has 0 fully saturated rings. The van der Waals surface area contributed by atoms with E-state index < -0.39 is 6.61 Å². The first-order valence-corrected chi connectivity index (χ1v) is 9.50. The van der Waals surface area contributed by atoms with Crippen molar-refractivity contribution in [2.24, 2.45) is 4.99 Å². The van der Waals surface area contributed by atoms with Crippen molar-refractivity contribution < 1.29 is 13.5 Å². The third-order valence-corrected chi connectivity index (χ3v) is 5.10. The van der Waals surface area contributed by atoms with Crippen LogP contribution in [0.25, 0.3) is 0 Å². The van der Waals surface area contributed by atoms with E-state index in [1.54, 1.807) is 12.1 Å². The Morgan fingerprint density at radius 2 is 2.00 bits per heavy atom. The van der Waals surface area contributed by atoms with Gasteiger partial charge >= 0.3 is 6.61 Å². The van der Waals surface area contributed by atoms with Crippen molar-refractivity contribution in [3.05, 3.63) is 57.3 Å². The molecular weight excluding hydrogens is 366 g/mol. The van der Waals surface area contributed by atoms with Crippen LogP contribution < -0.4 is 10.3 Å². The molecule has 3 heterocycles. The highest BCUT2D eigenvalue weighted by Crippen LogP contribution is 2.20. The van der Waals surface area contributed by atoms with Crippen LogP contribution >= 0.6 is 0 Å². The number of aromatic amines is 1. The number of ether oxygens (including phenoxy) is 1. The number of hydrogen-bond acceptors (Lipinski definition) is 5. The number of nitrogens with one attached hydrogen (secondary N) is 1. The van der Waals surface area contributed by atoms with Gasteiger partial charge in [-0.3, -0.25) is 14.7 Å². The van der Waals surface area contributed by atoms with E-state index in [0.717, 1.165) is 49.3 Å². The number of aliphatic imine (C=N–C) groups is 1. The molecule has 0 bridgehead atoms. The van der Waals surface area contributed by atoms with Crippen molar-refractivity contribution in [1.29, 1.82) is 0 Å². The van der Waals surface area contributed by atoms with Gasteiger partial charge in [0.1, 0.15) is 5.75 Å². The fraction of sp³-hybridized carbons (Fsp3) is 0.450. The van der Waals surface area contributed by atoms with E-state index >= 15 is 0 Å². The maximum atomic E-state index is 12.6. The van der Waals surface area contributed by atoms with Gasteiger partial charge in [-0.2, -0.15) is 8.78 Å². The van der Waals surface area contributed by atoms with Gasteiger partial charge < -0.3 is 9.72 Å². The van der Waals surface area contributed by atoms with Gasteiger partial charge in [-0.25, -0.2) is 4.98 Å². The van der Waals surface area contributed by atoms with Crippen LogP contribution in [0.15, 0.2) is 34.1 Å². The van der Waals surface area contributed by atoms with Gasteiger partial charge in [0.2, 0.25) is 0 Å². The number of nitrogens with zero attached hydrogens (tertiary/aromatic N) is 3. The molecule has 0 saturated heterocycles. The van der Waals surface area contributed by atoms with Crippen molar-refractivity contribution in [2.45, 2.75) is 45.4 Å². The lowest BCUT2D eigenvalue weighted by Crippen LogP contribution is -2.36. The summed E-state index contributed by atoms with van der Waals surface area (Å²) in [4.78, 5) is 26.8. The topological polar surface area (TPSA) is 70.6 Å². The zero-order chi connectivity index (χ0) is 19.5. The Kier molecular flexibility index (Phi) is 5.47. The number of alkyl halides is 2. The highest BCUT2D eigenvalue weighted by Gasteiger charge is 2.22. The lowest BCUT2D eigenvalue weighted by Gasteiger charge is -2.28. The summed E-state index contributed by atoms with van der Waals surface area (Å²) < 4.78 is 28.9. The summed E-state index contributed by atoms with van der Waals surface area (Å²) in [6, 6.07) is 6.59. The Hall–Kier alpha value is -2.61. The average Bonchev–Trinajstić information content (AvgIpc) is 2.70. The van der Waals surface area contributed by atoms with Crippen LogP contribution in [0.1, 0.15) is 41.9 Å². The minimum absolute atomic E-state index is 0.0985. The molecule has 0 radical (unpaired) electrons. The predicted octanol–water partition coefficient (Wildman–Crippen LogP) is 2.90. The fourth-order valence-corrected chi connectivity index (χ4v) is 3.68. The summed E-state index contributed by atoms with van der Waals surface area (Å²) in [7, 11) is 0. The molecule has 0 unspecified atom stereocenters. The van der Waals surface area contributed by atoms with E-state index in [4.69, 9.17) is 0 Å². The molecular formula is C20H22F2N4O2. The minimum atomic E-state index is -2.83. The van der Waals surface area contributed by atoms with E-state index in [2.05, 4.69) is 24.6 Å². The molecule has 2 aliphatic rings. The number of hydrogen-bond donors (Lipinski definition) is 1. The highest BCUT2D eigenvalue weighted by atomic mass is 19.3. The Morgan fingerprint density at radius 3 is 2.71 bits per heavy atom. The Bertz CT molecular complexity index is 925. The third kappa shape index (κ3) is 4.27. The first-order chi connectivity index (χ1) is 13.6. The smallest absolute Gasteiger partial charge is 0.387 e. The number of aromatic nitrogens is 2. The molecule has 2 aromatic rings. The molecule has 0 amide bonds. The average molecular weight is 388 g/mol. The normalized spacial score (nSPS) is 17.3. The summed E-state index contributed by atoms with van der Waals surface area (Å²) >= 11 is 0. The summed E-state index contributed by atoms with van der Waals surface area (Å²) in [5.41, 5.74) is 3.33. The lowest BCUT2D eigenvalue weighted by atomic mass is 10.0. The van der Waals surface area contributed by atoms with Gasteiger partial charge in [-0.05, 0) is 37.0 Å². The molecule has 0 spiro atoms.